The maximum absolute atomic E-state index is 12.7. The molecule has 0 unspecified atom stereocenters. The first kappa shape index (κ1) is 47.0. The highest BCUT2D eigenvalue weighted by Crippen LogP contribution is 2.34. The molecule has 1 amide bonds. The number of alkyl carbamates (subject to hydrolysis) is 1. The van der Waals surface area contributed by atoms with Crippen LogP contribution in [-0.2, 0) is 54.8 Å². The molecule has 6 rings (SSSR count). The van der Waals surface area contributed by atoms with E-state index in [1.807, 2.05) is 72.8 Å². The molecule has 2 fully saturated rings. The van der Waals surface area contributed by atoms with E-state index in [0.717, 1.165) is 35.1 Å². The SMILES string of the molecule is CCCCCCCCCCCCCC#C[C@@H]1OC(=O)N[C@H]1CC[C@@H]1O[C@H](COCc2ccccc2)[C@H](OCc2ccccc2)[C@H](OCc2ccccc2)[C@H]1OCc1ccccc1. The number of amides is 1. The van der Waals surface area contributed by atoms with Gasteiger partial charge in [0.1, 0.15) is 24.4 Å². The number of benzene rings is 4. The van der Waals surface area contributed by atoms with E-state index >= 15 is 0 Å². The van der Waals surface area contributed by atoms with Crippen molar-refractivity contribution in [1.29, 1.82) is 0 Å². The fourth-order valence-electron chi connectivity index (χ4n) is 8.32. The zero-order valence-corrected chi connectivity index (χ0v) is 36.9. The van der Waals surface area contributed by atoms with Gasteiger partial charge in [0.2, 0.25) is 0 Å². The van der Waals surface area contributed by atoms with Crippen molar-refractivity contribution in [2.45, 2.75) is 166 Å². The minimum absolute atomic E-state index is 0.283. The van der Waals surface area contributed by atoms with Crippen LogP contribution in [0.4, 0.5) is 4.79 Å². The highest BCUT2D eigenvalue weighted by atomic mass is 16.6. The second-order valence-electron chi connectivity index (χ2n) is 16.8. The molecular formula is C54H69NO7. The van der Waals surface area contributed by atoms with Crippen LogP contribution in [-0.4, -0.2) is 55.4 Å². The Hall–Kier alpha value is -4.49. The maximum atomic E-state index is 12.7. The second kappa shape index (κ2) is 27.5. The van der Waals surface area contributed by atoms with Crippen molar-refractivity contribution in [1.82, 2.24) is 5.32 Å². The van der Waals surface area contributed by atoms with E-state index in [1.165, 1.54) is 64.2 Å². The summed E-state index contributed by atoms with van der Waals surface area (Å²) in [6.07, 6.45) is 12.8. The number of hydrogen-bond acceptors (Lipinski definition) is 7. The normalized spacial score (nSPS) is 22.1. The molecule has 332 valence electrons. The highest BCUT2D eigenvalue weighted by molar-refractivity contribution is 5.71. The Balaban J connectivity index is 1.15. The zero-order chi connectivity index (χ0) is 42.9. The minimum atomic E-state index is -0.528. The van der Waals surface area contributed by atoms with Crippen LogP contribution in [0.25, 0.3) is 0 Å². The largest absolute Gasteiger partial charge is 0.431 e. The Morgan fingerprint density at radius 1 is 0.532 bits per heavy atom. The van der Waals surface area contributed by atoms with E-state index in [-0.39, 0.29) is 12.6 Å². The smallest absolute Gasteiger partial charge is 0.408 e. The topological polar surface area (TPSA) is 84.5 Å². The molecule has 0 saturated carbocycles. The van der Waals surface area contributed by atoms with Crippen LogP contribution in [0.1, 0.15) is 119 Å². The van der Waals surface area contributed by atoms with Gasteiger partial charge in [-0.15, -0.1) is 0 Å². The number of carbonyl (C=O) groups excluding carboxylic acids is 1. The van der Waals surface area contributed by atoms with Gasteiger partial charge in [0.05, 0.1) is 45.2 Å². The number of rotatable bonds is 27. The Kier molecular flexibility index (Phi) is 20.9. The molecule has 0 radical (unpaired) electrons. The van der Waals surface area contributed by atoms with E-state index in [4.69, 9.17) is 28.4 Å². The average Bonchev–Trinajstić information content (AvgIpc) is 3.67. The first-order chi connectivity index (χ1) is 30.7. The molecule has 0 aromatic heterocycles. The summed E-state index contributed by atoms with van der Waals surface area (Å²) < 4.78 is 39.8. The molecule has 4 aromatic rings. The predicted molar refractivity (Wildman–Crippen MR) is 245 cm³/mol. The third-order valence-corrected chi connectivity index (χ3v) is 11.8. The summed E-state index contributed by atoms with van der Waals surface area (Å²) in [6, 6.07) is 40.4. The summed E-state index contributed by atoms with van der Waals surface area (Å²) in [5.74, 6) is 6.62. The van der Waals surface area contributed by atoms with E-state index in [1.54, 1.807) is 0 Å². The van der Waals surface area contributed by atoms with Crippen molar-refractivity contribution in [3.05, 3.63) is 144 Å². The highest BCUT2D eigenvalue weighted by Gasteiger charge is 2.49. The Bertz CT molecular complexity index is 1850. The van der Waals surface area contributed by atoms with Crippen molar-refractivity contribution in [2.75, 3.05) is 6.61 Å². The summed E-state index contributed by atoms with van der Waals surface area (Å²) in [5, 5.41) is 3.04. The van der Waals surface area contributed by atoms with E-state index in [0.29, 0.717) is 39.3 Å². The molecule has 4 aromatic carbocycles. The minimum Gasteiger partial charge on any atom is -0.431 e. The third kappa shape index (κ3) is 16.3. The van der Waals surface area contributed by atoms with Crippen LogP contribution in [0, 0.1) is 11.8 Å². The summed E-state index contributed by atoms with van der Waals surface area (Å²) in [7, 11) is 0. The molecule has 8 nitrogen and oxygen atoms in total. The second-order valence-corrected chi connectivity index (χ2v) is 16.8. The zero-order valence-electron chi connectivity index (χ0n) is 36.9. The Morgan fingerprint density at radius 3 is 1.50 bits per heavy atom. The fourth-order valence-corrected chi connectivity index (χ4v) is 8.32. The monoisotopic (exact) mass is 844 g/mol. The summed E-state index contributed by atoms with van der Waals surface area (Å²) >= 11 is 0. The molecule has 2 heterocycles. The molecular weight excluding hydrogens is 775 g/mol. The van der Waals surface area contributed by atoms with E-state index < -0.39 is 42.7 Å². The lowest BCUT2D eigenvalue weighted by Crippen LogP contribution is -2.61. The summed E-state index contributed by atoms with van der Waals surface area (Å²) in [5.41, 5.74) is 4.23. The first-order valence-electron chi connectivity index (χ1n) is 23.4. The number of cyclic esters (lactones) is 1. The standard InChI is InChI=1S/C54H69NO7/c1-2-3-4-5-6-7-8-9-10-11-12-13-26-35-48-47(55-54(56)62-48)36-37-49-51(58-39-44-29-20-15-21-30-44)53(60-41-46-33-24-17-25-34-46)52(59-40-45-31-22-16-23-32-45)50(61-49)42-57-38-43-27-18-14-19-28-43/h14-25,27-34,47-53H,2-13,36-42H2,1H3,(H,55,56)/t47-,48-,49-,50+,51-,52-,53+/m0/s1. The Labute approximate surface area is 371 Å². The van der Waals surface area contributed by atoms with Gasteiger partial charge in [-0.25, -0.2) is 4.79 Å². The number of nitrogens with one attached hydrogen (secondary N) is 1. The molecule has 8 heteroatoms. The lowest BCUT2D eigenvalue weighted by atomic mass is 9.90. The molecule has 0 aliphatic carbocycles. The predicted octanol–water partition coefficient (Wildman–Crippen LogP) is 11.7. The van der Waals surface area contributed by atoms with Gasteiger partial charge in [0.15, 0.2) is 6.10 Å². The van der Waals surface area contributed by atoms with E-state index in [2.05, 4.69) is 72.6 Å². The lowest BCUT2D eigenvalue weighted by molar-refractivity contribution is -0.273. The average molecular weight is 844 g/mol. The number of unbranched alkanes of at least 4 members (excludes halogenated alkanes) is 11. The van der Waals surface area contributed by atoms with Crippen molar-refractivity contribution in [3.63, 3.8) is 0 Å². The molecule has 0 bridgehead atoms. The van der Waals surface area contributed by atoms with Crippen LogP contribution in [0.2, 0.25) is 0 Å². The van der Waals surface area contributed by atoms with Gasteiger partial charge in [0, 0.05) is 6.42 Å². The van der Waals surface area contributed by atoms with Gasteiger partial charge in [-0.2, -0.15) is 0 Å². The van der Waals surface area contributed by atoms with Gasteiger partial charge < -0.3 is 33.7 Å². The van der Waals surface area contributed by atoms with Crippen LogP contribution >= 0.6 is 0 Å². The molecule has 62 heavy (non-hydrogen) atoms. The molecule has 2 aliphatic rings. The first-order valence-corrected chi connectivity index (χ1v) is 23.4. The fraction of sp³-hybridized carbons (Fsp3) is 0.500. The van der Waals surface area contributed by atoms with Gasteiger partial charge in [-0.05, 0) is 41.5 Å². The van der Waals surface area contributed by atoms with Gasteiger partial charge >= 0.3 is 6.09 Å². The maximum Gasteiger partial charge on any atom is 0.408 e. The number of hydrogen-bond donors (Lipinski definition) is 1. The van der Waals surface area contributed by atoms with Crippen LogP contribution in [0.5, 0.6) is 0 Å². The molecule has 2 saturated heterocycles. The quantitative estimate of drug-likeness (QED) is 0.0473. The number of ether oxygens (including phenoxy) is 6. The molecule has 0 spiro atoms. The molecule has 7 atom stereocenters. The van der Waals surface area contributed by atoms with Crippen LogP contribution < -0.4 is 5.32 Å². The Morgan fingerprint density at radius 2 is 0.984 bits per heavy atom. The van der Waals surface area contributed by atoms with Crippen LogP contribution in [0.3, 0.4) is 0 Å². The van der Waals surface area contributed by atoms with E-state index in [9.17, 15) is 4.79 Å². The van der Waals surface area contributed by atoms with Crippen molar-refractivity contribution >= 4 is 6.09 Å². The van der Waals surface area contributed by atoms with Gasteiger partial charge in [-0.1, -0.05) is 204 Å². The summed E-state index contributed by atoms with van der Waals surface area (Å²) in [4.78, 5) is 12.7. The lowest BCUT2D eigenvalue weighted by Gasteiger charge is -2.46. The molecule has 1 N–H and O–H groups in total. The van der Waals surface area contributed by atoms with Crippen LogP contribution in [0.15, 0.2) is 121 Å². The summed E-state index contributed by atoms with van der Waals surface area (Å²) in [6.45, 7) is 4.10. The van der Waals surface area contributed by atoms with Crippen molar-refractivity contribution in [3.8, 4) is 11.8 Å². The third-order valence-electron chi connectivity index (χ3n) is 11.8. The van der Waals surface area contributed by atoms with Crippen molar-refractivity contribution in [2.24, 2.45) is 0 Å². The van der Waals surface area contributed by atoms with Crippen molar-refractivity contribution < 1.29 is 33.2 Å². The number of carbonyl (C=O) groups is 1. The van der Waals surface area contributed by atoms with Gasteiger partial charge in [-0.3, -0.25) is 0 Å². The molecule has 2 aliphatic heterocycles. The van der Waals surface area contributed by atoms with Gasteiger partial charge in [0.25, 0.3) is 0 Å².